The first kappa shape index (κ1) is 11.5. The zero-order chi connectivity index (χ0) is 13.4. The fraction of sp³-hybridized carbons (Fsp3) is 0.143. The summed E-state index contributed by atoms with van der Waals surface area (Å²) in [6, 6.07) is 7.82. The van der Waals surface area contributed by atoms with Crippen molar-refractivity contribution in [2.75, 3.05) is 12.8 Å². The third-order valence-electron chi connectivity index (χ3n) is 3.12. The van der Waals surface area contributed by atoms with E-state index in [1.165, 1.54) is 0 Å². The van der Waals surface area contributed by atoms with Crippen LogP contribution in [0.2, 0.25) is 0 Å². The summed E-state index contributed by atoms with van der Waals surface area (Å²) in [5, 5.41) is 0. The minimum Gasteiger partial charge on any atom is -0.496 e. The molecule has 0 amide bonds. The number of methoxy groups -OCH3 is 1. The van der Waals surface area contributed by atoms with E-state index in [0.29, 0.717) is 5.95 Å². The van der Waals surface area contributed by atoms with Crippen molar-refractivity contribution in [1.82, 2.24) is 14.5 Å². The summed E-state index contributed by atoms with van der Waals surface area (Å²) < 4.78 is 7.18. The second-order valence-corrected chi connectivity index (χ2v) is 4.32. The number of fused-ring (bicyclic) bond motifs is 1. The standard InChI is InChI=1S/C14H14N4O/c1-9-7-10(3-4-13(9)19-2)18-12-5-6-16-8-11(12)17-14(18)15/h3-8H,1-2H3,(H2,15,17). The number of nitrogen functional groups attached to an aromatic ring is 1. The van der Waals surface area contributed by atoms with Crippen LogP contribution in [0, 0.1) is 6.92 Å². The molecule has 3 rings (SSSR count). The molecule has 5 heteroatoms. The van der Waals surface area contributed by atoms with Gasteiger partial charge in [-0.25, -0.2) is 4.98 Å². The van der Waals surface area contributed by atoms with Crippen LogP contribution >= 0.6 is 0 Å². The molecule has 5 nitrogen and oxygen atoms in total. The number of hydrogen-bond donors (Lipinski definition) is 1. The van der Waals surface area contributed by atoms with E-state index in [4.69, 9.17) is 10.5 Å². The molecule has 96 valence electrons. The summed E-state index contributed by atoms with van der Waals surface area (Å²) in [6.07, 6.45) is 3.44. The highest BCUT2D eigenvalue weighted by atomic mass is 16.5. The third-order valence-corrected chi connectivity index (χ3v) is 3.12. The van der Waals surface area contributed by atoms with Gasteiger partial charge in [0.05, 0.1) is 18.8 Å². The van der Waals surface area contributed by atoms with E-state index >= 15 is 0 Å². The van der Waals surface area contributed by atoms with Gasteiger partial charge in [-0.05, 0) is 36.8 Å². The maximum Gasteiger partial charge on any atom is 0.205 e. The van der Waals surface area contributed by atoms with Gasteiger partial charge in [-0.2, -0.15) is 0 Å². The third kappa shape index (κ3) is 1.79. The van der Waals surface area contributed by atoms with Crippen LogP contribution in [0.4, 0.5) is 5.95 Å². The predicted octanol–water partition coefficient (Wildman–Crippen LogP) is 2.32. The number of aromatic nitrogens is 3. The first-order chi connectivity index (χ1) is 9.20. The fourth-order valence-corrected chi connectivity index (χ4v) is 2.22. The van der Waals surface area contributed by atoms with E-state index in [1.54, 1.807) is 19.5 Å². The van der Waals surface area contributed by atoms with Gasteiger partial charge < -0.3 is 10.5 Å². The molecule has 0 aliphatic heterocycles. The Hall–Kier alpha value is -2.56. The molecular weight excluding hydrogens is 240 g/mol. The van der Waals surface area contributed by atoms with Gasteiger partial charge >= 0.3 is 0 Å². The molecule has 2 N–H and O–H groups in total. The number of anilines is 1. The second kappa shape index (κ2) is 4.28. The Morgan fingerprint density at radius 2 is 2.11 bits per heavy atom. The van der Waals surface area contributed by atoms with Gasteiger partial charge in [-0.15, -0.1) is 0 Å². The average molecular weight is 254 g/mol. The molecule has 2 aromatic heterocycles. The predicted molar refractivity (Wildman–Crippen MR) is 74.6 cm³/mol. The van der Waals surface area contributed by atoms with Crippen molar-refractivity contribution in [2.24, 2.45) is 0 Å². The molecule has 0 aliphatic rings. The van der Waals surface area contributed by atoms with Crippen molar-refractivity contribution >= 4 is 17.0 Å². The lowest BCUT2D eigenvalue weighted by Gasteiger charge is -2.10. The summed E-state index contributed by atoms with van der Waals surface area (Å²) in [5.74, 6) is 1.31. The molecule has 0 bridgehead atoms. The second-order valence-electron chi connectivity index (χ2n) is 4.32. The van der Waals surface area contributed by atoms with Crippen LogP contribution in [-0.2, 0) is 0 Å². The highest BCUT2D eigenvalue weighted by molar-refractivity contribution is 5.79. The molecule has 1 aromatic carbocycles. The van der Waals surface area contributed by atoms with Crippen LogP contribution in [0.5, 0.6) is 5.75 Å². The van der Waals surface area contributed by atoms with Gasteiger partial charge in [0.1, 0.15) is 11.3 Å². The zero-order valence-corrected chi connectivity index (χ0v) is 10.8. The van der Waals surface area contributed by atoms with Crippen LogP contribution in [-0.4, -0.2) is 21.6 Å². The van der Waals surface area contributed by atoms with Crippen molar-refractivity contribution in [2.45, 2.75) is 6.92 Å². The summed E-state index contributed by atoms with van der Waals surface area (Å²) in [5.41, 5.74) is 9.74. The monoisotopic (exact) mass is 254 g/mol. The maximum absolute atomic E-state index is 6.00. The van der Waals surface area contributed by atoms with Crippen molar-refractivity contribution in [3.8, 4) is 11.4 Å². The number of ether oxygens (including phenoxy) is 1. The number of nitrogens with zero attached hydrogens (tertiary/aromatic N) is 3. The number of imidazole rings is 1. The van der Waals surface area contributed by atoms with E-state index in [1.807, 2.05) is 35.8 Å². The van der Waals surface area contributed by atoms with E-state index in [9.17, 15) is 0 Å². The Bertz CT molecular complexity index is 748. The van der Waals surface area contributed by atoms with Crippen molar-refractivity contribution < 1.29 is 4.74 Å². The summed E-state index contributed by atoms with van der Waals surface area (Å²) in [7, 11) is 1.66. The topological polar surface area (TPSA) is 66.0 Å². The van der Waals surface area contributed by atoms with Crippen LogP contribution in [0.15, 0.2) is 36.7 Å². The molecule has 0 radical (unpaired) electrons. The summed E-state index contributed by atoms with van der Waals surface area (Å²) in [4.78, 5) is 8.36. The molecule has 0 atom stereocenters. The van der Waals surface area contributed by atoms with Gasteiger partial charge in [0, 0.05) is 11.9 Å². The van der Waals surface area contributed by atoms with Gasteiger partial charge in [0.2, 0.25) is 5.95 Å². The minimum absolute atomic E-state index is 0.451. The Labute approximate surface area is 110 Å². The molecule has 2 heterocycles. The lowest BCUT2D eigenvalue weighted by Crippen LogP contribution is -2.01. The number of hydrogen-bond acceptors (Lipinski definition) is 4. The smallest absolute Gasteiger partial charge is 0.205 e. The van der Waals surface area contributed by atoms with Crippen molar-refractivity contribution in [3.63, 3.8) is 0 Å². The van der Waals surface area contributed by atoms with E-state index in [-0.39, 0.29) is 0 Å². The molecule has 0 fully saturated rings. The van der Waals surface area contributed by atoms with Crippen LogP contribution in [0.25, 0.3) is 16.7 Å². The molecule has 0 aliphatic carbocycles. The number of benzene rings is 1. The Morgan fingerprint density at radius 3 is 2.84 bits per heavy atom. The van der Waals surface area contributed by atoms with E-state index in [2.05, 4.69) is 9.97 Å². The molecule has 0 saturated heterocycles. The number of rotatable bonds is 2. The lowest BCUT2D eigenvalue weighted by atomic mass is 10.2. The fourth-order valence-electron chi connectivity index (χ4n) is 2.22. The van der Waals surface area contributed by atoms with Crippen LogP contribution in [0.1, 0.15) is 5.56 Å². The minimum atomic E-state index is 0.451. The van der Waals surface area contributed by atoms with Crippen molar-refractivity contribution in [3.05, 3.63) is 42.2 Å². The Morgan fingerprint density at radius 1 is 1.26 bits per heavy atom. The van der Waals surface area contributed by atoms with E-state index < -0.39 is 0 Å². The first-order valence-corrected chi connectivity index (χ1v) is 5.93. The van der Waals surface area contributed by atoms with Crippen molar-refractivity contribution in [1.29, 1.82) is 0 Å². The van der Waals surface area contributed by atoms with Gasteiger partial charge in [-0.3, -0.25) is 9.55 Å². The highest BCUT2D eigenvalue weighted by Gasteiger charge is 2.10. The number of aryl methyl sites for hydroxylation is 1. The molecular formula is C14H14N4O. The Kier molecular flexibility index (Phi) is 2.59. The van der Waals surface area contributed by atoms with E-state index in [0.717, 1.165) is 28.0 Å². The van der Waals surface area contributed by atoms with Crippen LogP contribution < -0.4 is 10.5 Å². The first-order valence-electron chi connectivity index (χ1n) is 5.93. The normalized spacial score (nSPS) is 10.8. The molecule has 0 spiro atoms. The highest BCUT2D eigenvalue weighted by Crippen LogP contribution is 2.26. The van der Waals surface area contributed by atoms with Gasteiger partial charge in [0.15, 0.2) is 0 Å². The average Bonchev–Trinajstić information content (AvgIpc) is 2.74. The summed E-state index contributed by atoms with van der Waals surface area (Å²) >= 11 is 0. The van der Waals surface area contributed by atoms with Crippen LogP contribution in [0.3, 0.4) is 0 Å². The SMILES string of the molecule is COc1ccc(-n2c(N)nc3cnccc32)cc1C. The summed E-state index contributed by atoms with van der Waals surface area (Å²) in [6.45, 7) is 2.00. The Balaban J connectivity index is 2.24. The lowest BCUT2D eigenvalue weighted by molar-refractivity contribution is 0.411. The van der Waals surface area contributed by atoms with Gasteiger partial charge in [-0.1, -0.05) is 0 Å². The van der Waals surface area contributed by atoms with Gasteiger partial charge in [0.25, 0.3) is 0 Å². The molecule has 3 aromatic rings. The largest absolute Gasteiger partial charge is 0.496 e. The number of pyridine rings is 1. The quantitative estimate of drug-likeness (QED) is 0.762. The molecule has 0 saturated carbocycles. The number of nitrogens with two attached hydrogens (primary N) is 1. The maximum atomic E-state index is 6.00. The molecule has 0 unspecified atom stereocenters. The molecule has 19 heavy (non-hydrogen) atoms. The zero-order valence-electron chi connectivity index (χ0n) is 10.8.